The van der Waals surface area contributed by atoms with Gasteiger partial charge in [0, 0.05) is 10.6 Å². The highest BCUT2D eigenvalue weighted by atomic mass is 35.5. The highest BCUT2D eigenvalue weighted by Crippen LogP contribution is 2.43. The molecule has 1 amide bonds. The number of nitrogens with one attached hydrogen (secondary N) is 1. The minimum absolute atomic E-state index is 0.0890. The summed E-state index contributed by atoms with van der Waals surface area (Å²) in [5.41, 5.74) is 0.542. The lowest BCUT2D eigenvalue weighted by Crippen LogP contribution is -2.32. The average molecular weight is 329 g/mol. The van der Waals surface area contributed by atoms with Crippen LogP contribution in [0.5, 0.6) is 0 Å². The van der Waals surface area contributed by atoms with E-state index < -0.39 is 17.1 Å². The van der Waals surface area contributed by atoms with Crippen LogP contribution in [0.3, 0.4) is 0 Å². The van der Waals surface area contributed by atoms with Crippen LogP contribution in [0.15, 0.2) is 42.5 Å². The number of rotatable bonds is 3. The first-order chi connectivity index (χ1) is 11.0. The fourth-order valence-electron chi connectivity index (χ4n) is 2.73. The van der Waals surface area contributed by atoms with E-state index in [1.165, 1.54) is 18.2 Å². The SMILES string of the molecule is N#CC1(c2ccc(NC(=O)c3cccc(Cl)c3)c(F)c2)CCC1. The van der Waals surface area contributed by atoms with Crippen LogP contribution in [0, 0.1) is 17.1 Å². The van der Waals surface area contributed by atoms with Gasteiger partial charge in [0.1, 0.15) is 5.82 Å². The van der Waals surface area contributed by atoms with Gasteiger partial charge < -0.3 is 5.32 Å². The Bertz CT molecular complexity index is 809. The molecule has 2 aromatic rings. The van der Waals surface area contributed by atoms with Crippen LogP contribution in [0.4, 0.5) is 10.1 Å². The van der Waals surface area contributed by atoms with Crippen LogP contribution in [0.2, 0.25) is 5.02 Å². The molecule has 0 unspecified atom stereocenters. The number of amides is 1. The Hall–Kier alpha value is -2.38. The molecule has 5 heteroatoms. The van der Waals surface area contributed by atoms with Crippen molar-refractivity contribution in [3.8, 4) is 6.07 Å². The smallest absolute Gasteiger partial charge is 0.255 e. The van der Waals surface area contributed by atoms with E-state index in [9.17, 15) is 14.4 Å². The van der Waals surface area contributed by atoms with Gasteiger partial charge in [-0.05, 0) is 55.2 Å². The van der Waals surface area contributed by atoms with Gasteiger partial charge in [0.15, 0.2) is 0 Å². The molecule has 1 fully saturated rings. The van der Waals surface area contributed by atoms with E-state index in [2.05, 4.69) is 11.4 Å². The number of halogens is 2. The van der Waals surface area contributed by atoms with Crippen molar-refractivity contribution in [3.05, 3.63) is 64.4 Å². The summed E-state index contributed by atoms with van der Waals surface area (Å²) in [5, 5.41) is 12.3. The molecule has 1 N–H and O–H groups in total. The van der Waals surface area contributed by atoms with Gasteiger partial charge in [0.05, 0.1) is 17.2 Å². The van der Waals surface area contributed by atoms with Crippen LogP contribution < -0.4 is 5.32 Å². The quantitative estimate of drug-likeness (QED) is 0.889. The Balaban J connectivity index is 1.82. The molecule has 3 rings (SSSR count). The molecule has 0 aliphatic heterocycles. The second kappa shape index (κ2) is 6.02. The summed E-state index contributed by atoms with van der Waals surface area (Å²) in [6.07, 6.45) is 2.47. The third-order valence-electron chi connectivity index (χ3n) is 4.28. The molecule has 0 spiro atoms. The molecule has 1 aliphatic rings. The van der Waals surface area contributed by atoms with Crippen molar-refractivity contribution in [2.24, 2.45) is 0 Å². The van der Waals surface area contributed by atoms with Gasteiger partial charge in [-0.25, -0.2) is 4.39 Å². The fraction of sp³-hybridized carbons (Fsp3) is 0.222. The van der Waals surface area contributed by atoms with Crippen molar-refractivity contribution < 1.29 is 9.18 Å². The molecular weight excluding hydrogens is 315 g/mol. The average Bonchev–Trinajstić information content (AvgIpc) is 2.49. The van der Waals surface area contributed by atoms with Crippen molar-refractivity contribution >= 4 is 23.2 Å². The normalized spacial score (nSPS) is 15.3. The standard InChI is InChI=1S/C18H14ClFN2O/c19-14-4-1-3-12(9-14)17(23)22-16-6-5-13(10-15(16)20)18(11-21)7-2-8-18/h1,3-6,9-10H,2,7-8H2,(H,22,23). The summed E-state index contributed by atoms with van der Waals surface area (Å²) in [7, 11) is 0. The summed E-state index contributed by atoms with van der Waals surface area (Å²) in [6, 6.07) is 13.3. The number of hydrogen-bond donors (Lipinski definition) is 1. The van der Waals surface area contributed by atoms with E-state index >= 15 is 0 Å². The fourth-order valence-corrected chi connectivity index (χ4v) is 2.92. The molecule has 0 saturated heterocycles. The molecule has 23 heavy (non-hydrogen) atoms. The lowest BCUT2D eigenvalue weighted by molar-refractivity contribution is 0.102. The molecule has 0 radical (unpaired) electrons. The second-order valence-corrected chi connectivity index (χ2v) is 6.14. The summed E-state index contributed by atoms with van der Waals surface area (Å²) in [4.78, 5) is 12.1. The molecule has 0 aromatic heterocycles. The monoisotopic (exact) mass is 328 g/mol. The number of carbonyl (C=O) groups is 1. The molecule has 1 saturated carbocycles. The number of carbonyl (C=O) groups excluding carboxylic acids is 1. The van der Waals surface area contributed by atoms with E-state index in [1.807, 2.05) is 0 Å². The van der Waals surface area contributed by atoms with Gasteiger partial charge in [0.2, 0.25) is 0 Å². The van der Waals surface area contributed by atoms with Gasteiger partial charge in [-0.3, -0.25) is 4.79 Å². The third-order valence-corrected chi connectivity index (χ3v) is 4.51. The van der Waals surface area contributed by atoms with Gasteiger partial charge in [0.25, 0.3) is 5.91 Å². The number of benzene rings is 2. The molecule has 0 atom stereocenters. The Kier molecular flexibility index (Phi) is 4.06. The minimum atomic E-state index is -0.573. The largest absolute Gasteiger partial charge is 0.319 e. The van der Waals surface area contributed by atoms with Crippen molar-refractivity contribution in [1.82, 2.24) is 0 Å². The molecule has 116 valence electrons. The predicted molar refractivity (Wildman–Crippen MR) is 86.9 cm³/mol. The Morgan fingerprint density at radius 1 is 1.26 bits per heavy atom. The Morgan fingerprint density at radius 2 is 2.04 bits per heavy atom. The van der Waals surface area contributed by atoms with E-state index in [0.29, 0.717) is 16.1 Å². The summed E-state index contributed by atoms with van der Waals surface area (Å²) < 4.78 is 14.3. The molecule has 2 aromatic carbocycles. The minimum Gasteiger partial charge on any atom is -0.319 e. The first-order valence-corrected chi connectivity index (χ1v) is 7.70. The number of hydrogen-bond acceptors (Lipinski definition) is 2. The molecule has 3 nitrogen and oxygen atoms in total. The first-order valence-electron chi connectivity index (χ1n) is 7.32. The van der Waals surface area contributed by atoms with E-state index in [0.717, 1.165) is 19.3 Å². The maximum absolute atomic E-state index is 14.3. The zero-order chi connectivity index (χ0) is 16.4. The summed E-state index contributed by atoms with van der Waals surface area (Å²) in [6.45, 7) is 0. The topological polar surface area (TPSA) is 52.9 Å². The van der Waals surface area contributed by atoms with Crippen LogP contribution in [0.1, 0.15) is 35.2 Å². The van der Waals surface area contributed by atoms with Crippen molar-refractivity contribution in [3.63, 3.8) is 0 Å². The van der Waals surface area contributed by atoms with Gasteiger partial charge in [-0.1, -0.05) is 23.7 Å². The Morgan fingerprint density at radius 3 is 2.61 bits per heavy atom. The number of nitrogens with zero attached hydrogens (tertiary/aromatic N) is 1. The molecule has 0 bridgehead atoms. The van der Waals surface area contributed by atoms with Crippen LogP contribution >= 0.6 is 11.6 Å². The lowest BCUT2D eigenvalue weighted by Gasteiger charge is -2.35. The number of anilines is 1. The first kappa shape index (κ1) is 15.5. The van der Waals surface area contributed by atoms with Gasteiger partial charge in [-0.2, -0.15) is 5.26 Å². The van der Waals surface area contributed by atoms with Gasteiger partial charge >= 0.3 is 0 Å². The second-order valence-electron chi connectivity index (χ2n) is 5.71. The van der Waals surface area contributed by atoms with Gasteiger partial charge in [-0.15, -0.1) is 0 Å². The zero-order valence-electron chi connectivity index (χ0n) is 12.3. The van der Waals surface area contributed by atoms with E-state index in [4.69, 9.17) is 11.6 Å². The highest BCUT2D eigenvalue weighted by molar-refractivity contribution is 6.31. The van der Waals surface area contributed by atoms with Crippen molar-refractivity contribution in [2.45, 2.75) is 24.7 Å². The maximum atomic E-state index is 14.3. The molecule has 0 heterocycles. The Labute approximate surface area is 138 Å². The van der Waals surface area contributed by atoms with Crippen molar-refractivity contribution in [2.75, 3.05) is 5.32 Å². The van der Waals surface area contributed by atoms with Crippen LogP contribution in [0.25, 0.3) is 0 Å². The summed E-state index contributed by atoms with van der Waals surface area (Å²) in [5.74, 6) is -0.975. The van der Waals surface area contributed by atoms with E-state index in [-0.39, 0.29) is 5.69 Å². The summed E-state index contributed by atoms with van der Waals surface area (Å²) >= 11 is 5.85. The lowest BCUT2D eigenvalue weighted by atomic mass is 9.65. The van der Waals surface area contributed by atoms with Crippen LogP contribution in [-0.2, 0) is 5.41 Å². The number of nitriles is 1. The molecule has 1 aliphatic carbocycles. The molecular formula is C18H14ClFN2O. The van der Waals surface area contributed by atoms with E-state index in [1.54, 1.807) is 24.3 Å². The highest BCUT2D eigenvalue weighted by Gasteiger charge is 2.39. The third kappa shape index (κ3) is 2.93. The van der Waals surface area contributed by atoms with Crippen LogP contribution in [-0.4, -0.2) is 5.91 Å². The predicted octanol–water partition coefficient (Wildman–Crippen LogP) is 4.68. The maximum Gasteiger partial charge on any atom is 0.255 e. The van der Waals surface area contributed by atoms with Crippen molar-refractivity contribution in [1.29, 1.82) is 5.26 Å². The zero-order valence-corrected chi connectivity index (χ0v) is 13.0.